The first kappa shape index (κ1) is 37.0. The van der Waals surface area contributed by atoms with Gasteiger partial charge >= 0.3 is 0 Å². The topological polar surface area (TPSA) is 82.7 Å². The van der Waals surface area contributed by atoms with Gasteiger partial charge in [-0.2, -0.15) is 4.98 Å². The number of halogens is 3. The highest BCUT2D eigenvalue weighted by atomic mass is 19.3. The molecule has 2 N–H and O–H groups in total. The van der Waals surface area contributed by atoms with Gasteiger partial charge in [0.15, 0.2) is 5.82 Å². The van der Waals surface area contributed by atoms with Gasteiger partial charge in [-0.25, -0.2) is 17.7 Å². The van der Waals surface area contributed by atoms with Crippen molar-refractivity contribution in [2.24, 2.45) is 10.9 Å². The van der Waals surface area contributed by atoms with Crippen molar-refractivity contribution in [3.63, 3.8) is 0 Å². The fourth-order valence-corrected chi connectivity index (χ4v) is 5.01. The van der Waals surface area contributed by atoms with Crippen LogP contribution < -0.4 is 10.6 Å². The van der Waals surface area contributed by atoms with Crippen LogP contribution in [-0.2, 0) is 0 Å². The Kier molecular flexibility index (Phi) is 14.1. The van der Waals surface area contributed by atoms with Gasteiger partial charge in [0.25, 0.3) is 5.92 Å². The van der Waals surface area contributed by atoms with Crippen LogP contribution in [0, 0.1) is 12.8 Å². The molecular formula is C33H53F3N8. The SMILES string of the molecule is CC.CC.CC(C)C.CNc1nc(NC2CCN(C3CC(F)(F)C3)CC2F)nn2ccc(-c3ccc(N=C(C)C)c(C)n3)c12. The summed E-state index contributed by atoms with van der Waals surface area (Å²) in [6.45, 7) is 21.0. The number of nitrogens with one attached hydrogen (secondary N) is 2. The number of alkyl halides is 3. The Bertz CT molecular complexity index is 1340. The number of aromatic nitrogens is 4. The van der Waals surface area contributed by atoms with Crippen molar-refractivity contribution in [2.75, 3.05) is 30.8 Å². The highest BCUT2D eigenvalue weighted by Gasteiger charge is 2.49. The van der Waals surface area contributed by atoms with Crippen molar-refractivity contribution in [3.05, 3.63) is 30.1 Å². The highest BCUT2D eigenvalue weighted by molar-refractivity contribution is 5.88. The van der Waals surface area contributed by atoms with Crippen molar-refractivity contribution in [1.29, 1.82) is 0 Å². The summed E-state index contributed by atoms with van der Waals surface area (Å²) < 4.78 is 43.1. The molecule has 44 heavy (non-hydrogen) atoms. The van der Waals surface area contributed by atoms with E-state index in [0.29, 0.717) is 24.7 Å². The second-order valence-corrected chi connectivity index (χ2v) is 11.6. The van der Waals surface area contributed by atoms with E-state index >= 15 is 0 Å². The minimum Gasteiger partial charge on any atom is -0.371 e. The fraction of sp³-hybridized carbons (Fsp3) is 0.636. The number of pyridine rings is 1. The Morgan fingerprint density at radius 3 is 2.20 bits per heavy atom. The summed E-state index contributed by atoms with van der Waals surface area (Å²) in [6.07, 6.45) is 0.754. The minimum atomic E-state index is -2.60. The van der Waals surface area contributed by atoms with Gasteiger partial charge in [-0.15, -0.1) is 5.10 Å². The molecule has 0 amide bonds. The highest BCUT2D eigenvalue weighted by Crippen LogP contribution is 2.41. The van der Waals surface area contributed by atoms with E-state index in [-0.39, 0.29) is 25.4 Å². The van der Waals surface area contributed by atoms with E-state index in [1.807, 2.05) is 77.8 Å². The lowest BCUT2D eigenvalue weighted by molar-refractivity contribution is -0.131. The van der Waals surface area contributed by atoms with Crippen LogP contribution in [0.2, 0.25) is 0 Å². The monoisotopic (exact) mass is 618 g/mol. The minimum absolute atomic E-state index is 0.135. The maximum absolute atomic E-state index is 15.0. The van der Waals surface area contributed by atoms with Gasteiger partial charge in [0.1, 0.15) is 11.7 Å². The number of rotatable bonds is 6. The van der Waals surface area contributed by atoms with E-state index in [4.69, 9.17) is 4.98 Å². The first-order valence-corrected chi connectivity index (χ1v) is 16.0. The zero-order chi connectivity index (χ0) is 33.2. The van der Waals surface area contributed by atoms with Crippen molar-refractivity contribution in [1.82, 2.24) is 24.5 Å². The predicted octanol–water partition coefficient (Wildman–Crippen LogP) is 8.59. The zero-order valence-electron chi connectivity index (χ0n) is 28.5. The lowest BCUT2D eigenvalue weighted by Crippen LogP contribution is -2.57. The lowest BCUT2D eigenvalue weighted by atomic mass is 9.85. The zero-order valence-corrected chi connectivity index (χ0v) is 28.5. The maximum atomic E-state index is 15.0. The number of fused-ring (bicyclic) bond motifs is 1. The third kappa shape index (κ3) is 9.64. The Balaban J connectivity index is 0.000000768. The average molecular weight is 619 g/mol. The number of aryl methyl sites for hydroxylation is 1. The number of hydrogen-bond donors (Lipinski definition) is 2. The van der Waals surface area contributed by atoms with E-state index in [9.17, 15) is 13.2 Å². The van der Waals surface area contributed by atoms with Gasteiger partial charge in [0.2, 0.25) is 5.95 Å². The average Bonchev–Trinajstić information content (AvgIpc) is 3.39. The molecule has 0 bridgehead atoms. The number of aliphatic imine (C=N–C) groups is 1. The molecule has 1 saturated carbocycles. The van der Waals surface area contributed by atoms with E-state index in [0.717, 1.165) is 39.8 Å². The first-order chi connectivity index (χ1) is 20.9. The van der Waals surface area contributed by atoms with Crippen LogP contribution >= 0.6 is 0 Å². The molecule has 4 heterocycles. The molecule has 3 aromatic heterocycles. The Hall–Kier alpha value is -3.21. The summed E-state index contributed by atoms with van der Waals surface area (Å²) in [5.41, 5.74) is 5.02. The molecule has 0 spiro atoms. The second kappa shape index (κ2) is 16.7. The molecule has 2 fully saturated rings. The molecular weight excluding hydrogens is 565 g/mol. The van der Waals surface area contributed by atoms with E-state index in [1.54, 1.807) is 11.6 Å². The summed E-state index contributed by atoms with van der Waals surface area (Å²) in [7, 11) is 1.77. The molecule has 2 aliphatic rings. The molecule has 5 rings (SSSR count). The molecule has 11 heteroatoms. The smallest absolute Gasteiger partial charge is 0.251 e. The molecule has 1 aliphatic heterocycles. The van der Waals surface area contributed by atoms with Gasteiger partial charge in [-0.1, -0.05) is 48.5 Å². The molecule has 2 unspecified atom stereocenters. The summed E-state index contributed by atoms with van der Waals surface area (Å²) in [4.78, 5) is 15.7. The molecule has 0 aromatic carbocycles. The maximum Gasteiger partial charge on any atom is 0.251 e. The fourth-order valence-electron chi connectivity index (χ4n) is 5.01. The van der Waals surface area contributed by atoms with Crippen molar-refractivity contribution < 1.29 is 13.2 Å². The summed E-state index contributed by atoms with van der Waals surface area (Å²) in [5, 5.41) is 10.8. The molecule has 8 nitrogen and oxygen atoms in total. The molecule has 3 aromatic rings. The van der Waals surface area contributed by atoms with E-state index < -0.39 is 18.1 Å². The molecule has 0 radical (unpaired) electrons. The number of hydrogen-bond acceptors (Lipinski definition) is 7. The first-order valence-electron chi connectivity index (χ1n) is 16.0. The van der Waals surface area contributed by atoms with Crippen LogP contribution in [0.4, 0.5) is 30.6 Å². The van der Waals surface area contributed by atoms with Crippen molar-refractivity contribution in [3.8, 4) is 11.3 Å². The normalized spacial score (nSPS) is 19.3. The number of anilines is 2. The van der Waals surface area contributed by atoms with Gasteiger partial charge in [-0.3, -0.25) is 14.9 Å². The van der Waals surface area contributed by atoms with Crippen LogP contribution in [0.15, 0.2) is 29.4 Å². The molecule has 1 saturated heterocycles. The van der Waals surface area contributed by atoms with Gasteiger partial charge in [0, 0.05) is 56.5 Å². The Morgan fingerprint density at radius 2 is 1.68 bits per heavy atom. The number of piperidine rings is 1. The summed E-state index contributed by atoms with van der Waals surface area (Å²) >= 11 is 0. The molecule has 2 atom stereocenters. The van der Waals surface area contributed by atoms with Crippen LogP contribution in [-0.4, -0.2) is 74.5 Å². The number of likely N-dealkylation sites (tertiary alicyclic amines) is 1. The van der Waals surface area contributed by atoms with Gasteiger partial charge in [0.05, 0.1) is 23.1 Å². The lowest BCUT2D eigenvalue weighted by Gasteiger charge is -2.46. The van der Waals surface area contributed by atoms with Crippen LogP contribution in [0.25, 0.3) is 16.8 Å². The summed E-state index contributed by atoms with van der Waals surface area (Å²) in [6, 6.07) is 5.08. The van der Waals surface area contributed by atoms with Crippen molar-refractivity contribution >= 4 is 28.7 Å². The number of nitrogens with zero attached hydrogens (tertiary/aromatic N) is 6. The summed E-state index contributed by atoms with van der Waals surface area (Å²) in [5.74, 6) is -0.882. The Morgan fingerprint density at radius 1 is 1.05 bits per heavy atom. The van der Waals surface area contributed by atoms with Crippen molar-refractivity contribution in [2.45, 2.75) is 113 Å². The quantitative estimate of drug-likeness (QED) is 0.269. The van der Waals surface area contributed by atoms with Gasteiger partial charge in [-0.05, 0) is 51.3 Å². The third-order valence-corrected chi connectivity index (χ3v) is 6.90. The third-order valence-electron chi connectivity index (χ3n) is 6.90. The second-order valence-electron chi connectivity index (χ2n) is 11.6. The van der Waals surface area contributed by atoms with E-state index in [2.05, 4.69) is 46.5 Å². The largest absolute Gasteiger partial charge is 0.371 e. The van der Waals surface area contributed by atoms with Gasteiger partial charge < -0.3 is 10.6 Å². The van der Waals surface area contributed by atoms with Crippen LogP contribution in [0.3, 0.4) is 0 Å². The standard InChI is InChI=1S/C25H31F3N8.C4H10.2C2H6/c1-14(2)30-19-5-6-20(31-15(19)3)17-7-10-36-22(17)23(29-4)33-24(34-36)32-21-8-9-35(13-18(21)26)16-11-25(27,28)12-16;1-4(2)3;2*1-2/h5-7,10,16,18,21H,8-9,11-13H2,1-4H3,(H2,29,32,33,34);4H,1-3H3;2*1-2H3. The van der Waals surface area contributed by atoms with Crippen LogP contribution in [0.5, 0.6) is 0 Å². The Labute approximate surface area is 262 Å². The molecule has 1 aliphatic carbocycles. The molecule has 246 valence electrons. The predicted molar refractivity (Wildman–Crippen MR) is 179 cm³/mol. The van der Waals surface area contributed by atoms with Crippen LogP contribution in [0.1, 0.15) is 87.3 Å². The van der Waals surface area contributed by atoms with E-state index in [1.165, 1.54) is 0 Å².